The average molecular weight is 555 g/mol. The van der Waals surface area contributed by atoms with E-state index in [1.165, 1.54) is 12.1 Å². The Morgan fingerprint density at radius 3 is 2.51 bits per heavy atom. The van der Waals surface area contributed by atoms with E-state index in [-0.39, 0.29) is 58.8 Å². The Hall–Kier alpha value is -2.34. The first kappa shape index (κ1) is 31.2. The first-order valence-electron chi connectivity index (χ1n) is 13.3. The molecule has 210 valence electrons. The Labute approximate surface area is 251 Å². The van der Waals surface area contributed by atoms with Crippen molar-refractivity contribution >= 4 is 59.1 Å². The van der Waals surface area contributed by atoms with Gasteiger partial charge in [0.15, 0.2) is 6.61 Å². The van der Waals surface area contributed by atoms with Crippen molar-refractivity contribution in [1.82, 2.24) is 15.1 Å². The fourth-order valence-corrected chi connectivity index (χ4v) is 6.05. The van der Waals surface area contributed by atoms with Crippen LogP contribution in [0.2, 0.25) is 0 Å². The minimum atomic E-state index is -1.13. The summed E-state index contributed by atoms with van der Waals surface area (Å²) in [6.07, 6.45) is 4.07. The Morgan fingerprint density at radius 1 is 1.18 bits per heavy atom. The normalized spacial score (nSPS) is 23.1. The van der Waals surface area contributed by atoms with E-state index in [0.29, 0.717) is 31.9 Å². The van der Waals surface area contributed by atoms with Gasteiger partial charge in [-0.3, -0.25) is 14.5 Å². The number of nitrogens with zero attached hydrogens (tertiary/aromatic N) is 2. The predicted octanol–water partition coefficient (Wildman–Crippen LogP) is 2.06. The standard InChI is InChI=1S/C27H38N4O7.Na.H/c1-4-28-25(36)29-21-7-6-19(37-15-22(32)33)14-20(21)23(34)30-12-8-18(9-13-30)31-11-5-10-27(17-31)16-26(2,3)38-24(27)35;;/h6-7,14,18H,4-5,8-13,15-17H2,1-3H3,(H,32,33)(H2,28,29,36);;. The van der Waals surface area contributed by atoms with E-state index < -0.39 is 29.6 Å². The van der Waals surface area contributed by atoms with Gasteiger partial charge in [-0.15, -0.1) is 0 Å². The van der Waals surface area contributed by atoms with Crippen molar-refractivity contribution in [2.24, 2.45) is 5.41 Å². The van der Waals surface area contributed by atoms with E-state index in [9.17, 15) is 19.2 Å². The van der Waals surface area contributed by atoms with Crippen molar-refractivity contribution < 1.29 is 33.8 Å². The number of cyclic esters (lactones) is 1. The monoisotopic (exact) mass is 554 g/mol. The topological polar surface area (TPSA) is 138 Å². The van der Waals surface area contributed by atoms with Gasteiger partial charge in [-0.25, -0.2) is 9.59 Å². The molecule has 0 saturated carbocycles. The van der Waals surface area contributed by atoms with Crippen LogP contribution in [0.25, 0.3) is 0 Å². The van der Waals surface area contributed by atoms with Gasteiger partial charge in [-0.05, 0) is 71.2 Å². The Morgan fingerprint density at radius 2 is 1.90 bits per heavy atom. The number of carboxylic acid groups (broad SMARTS) is 1. The van der Waals surface area contributed by atoms with Crippen LogP contribution >= 0.6 is 0 Å². The molecule has 39 heavy (non-hydrogen) atoms. The van der Waals surface area contributed by atoms with Crippen LogP contribution in [0.15, 0.2) is 18.2 Å². The molecule has 3 aliphatic rings. The zero-order valence-electron chi connectivity index (χ0n) is 22.4. The van der Waals surface area contributed by atoms with Crippen LogP contribution < -0.4 is 15.4 Å². The number of rotatable bonds is 7. The van der Waals surface area contributed by atoms with Crippen LogP contribution in [-0.4, -0.2) is 119 Å². The third-order valence-electron chi connectivity index (χ3n) is 7.61. The van der Waals surface area contributed by atoms with Gasteiger partial charge in [0, 0.05) is 38.6 Å². The molecule has 4 rings (SSSR count). The van der Waals surface area contributed by atoms with E-state index in [2.05, 4.69) is 15.5 Å². The van der Waals surface area contributed by atoms with Gasteiger partial charge in [0.1, 0.15) is 11.4 Å². The second-order valence-electron chi connectivity index (χ2n) is 11.1. The number of anilines is 1. The van der Waals surface area contributed by atoms with E-state index >= 15 is 0 Å². The second-order valence-corrected chi connectivity index (χ2v) is 11.1. The number of carbonyl (C=O) groups excluding carboxylic acids is 3. The number of hydrogen-bond acceptors (Lipinski definition) is 7. The summed E-state index contributed by atoms with van der Waals surface area (Å²) in [5.74, 6) is -1.24. The number of urea groups is 1. The van der Waals surface area contributed by atoms with Crippen LogP contribution in [0.4, 0.5) is 10.5 Å². The third kappa shape index (κ3) is 7.45. The van der Waals surface area contributed by atoms with E-state index in [0.717, 1.165) is 38.6 Å². The van der Waals surface area contributed by atoms with Crippen LogP contribution in [-0.2, 0) is 14.3 Å². The zero-order chi connectivity index (χ0) is 27.5. The van der Waals surface area contributed by atoms with Crippen molar-refractivity contribution in [2.45, 2.75) is 64.5 Å². The number of carboxylic acids is 1. The minimum absolute atomic E-state index is 0. The first-order chi connectivity index (χ1) is 18.0. The fourth-order valence-electron chi connectivity index (χ4n) is 6.05. The van der Waals surface area contributed by atoms with Crippen LogP contribution in [0.5, 0.6) is 5.75 Å². The molecule has 0 bridgehead atoms. The van der Waals surface area contributed by atoms with Gasteiger partial charge < -0.3 is 30.1 Å². The first-order valence-corrected chi connectivity index (χ1v) is 13.3. The number of benzene rings is 1. The molecule has 0 radical (unpaired) electrons. The van der Waals surface area contributed by atoms with E-state index in [1.54, 1.807) is 17.9 Å². The van der Waals surface area contributed by atoms with E-state index in [4.69, 9.17) is 14.6 Å². The summed E-state index contributed by atoms with van der Waals surface area (Å²) in [4.78, 5) is 53.6. The van der Waals surface area contributed by atoms with Crippen LogP contribution in [0.3, 0.4) is 0 Å². The molecule has 12 heteroatoms. The second kappa shape index (κ2) is 12.9. The molecule has 1 atom stereocenters. The molecule has 3 saturated heterocycles. The Balaban J connectivity index is 0.00000420. The molecule has 1 unspecified atom stereocenters. The van der Waals surface area contributed by atoms with Crippen LogP contribution in [0.1, 0.15) is 63.2 Å². The van der Waals surface area contributed by atoms with Crippen molar-refractivity contribution in [1.29, 1.82) is 0 Å². The number of amides is 3. The number of carbonyl (C=O) groups is 4. The van der Waals surface area contributed by atoms with Crippen molar-refractivity contribution in [3.05, 3.63) is 23.8 Å². The molecular weight excluding hydrogens is 515 g/mol. The molecule has 0 aromatic heterocycles. The van der Waals surface area contributed by atoms with Gasteiger partial charge in [-0.2, -0.15) is 0 Å². The molecule has 1 aromatic carbocycles. The molecule has 11 nitrogen and oxygen atoms in total. The zero-order valence-corrected chi connectivity index (χ0v) is 22.4. The molecule has 3 heterocycles. The molecular formula is C27H39N4NaO7. The fraction of sp³-hybridized carbons (Fsp3) is 0.630. The Kier molecular flexibility index (Phi) is 10.3. The number of nitrogens with one attached hydrogen (secondary N) is 2. The number of ether oxygens (including phenoxy) is 2. The predicted molar refractivity (Wildman–Crippen MR) is 146 cm³/mol. The summed E-state index contributed by atoms with van der Waals surface area (Å²) in [6, 6.07) is 4.37. The van der Waals surface area contributed by atoms with E-state index in [1.807, 2.05) is 13.8 Å². The summed E-state index contributed by atoms with van der Waals surface area (Å²) < 4.78 is 10.9. The molecule has 0 aliphatic carbocycles. The van der Waals surface area contributed by atoms with Gasteiger partial charge in [0.05, 0.1) is 16.7 Å². The number of aliphatic carboxylic acids is 1. The average Bonchev–Trinajstić information content (AvgIpc) is 3.09. The number of likely N-dealkylation sites (tertiary alicyclic amines) is 2. The summed E-state index contributed by atoms with van der Waals surface area (Å²) in [5.41, 5.74) is -0.306. The molecule has 3 fully saturated rings. The Bertz CT molecular complexity index is 1090. The third-order valence-corrected chi connectivity index (χ3v) is 7.61. The number of piperidine rings is 2. The molecule has 1 aromatic rings. The quantitative estimate of drug-likeness (QED) is 0.344. The number of hydrogen-bond donors (Lipinski definition) is 3. The molecule has 3 amide bonds. The van der Waals surface area contributed by atoms with Crippen molar-refractivity contribution in [3.8, 4) is 5.75 Å². The summed E-state index contributed by atoms with van der Waals surface area (Å²) in [7, 11) is 0. The van der Waals surface area contributed by atoms with Gasteiger partial charge in [0.25, 0.3) is 5.91 Å². The molecule has 1 spiro atoms. The van der Waals surface area contributed by atoms with Crippen LogP contribution in [0, 0.1) is 5.41 Å². The number of esters is 1. The summed E-state index contributed by atoms with van der Waals surface area (Å²) in [5, 5.41) is 14.3. The molecule has 3 aliphatic heterocycles. The van der Waals surface area contributed by atoms with Gasteiger partial charge >= 0.3 is 47.5 Å². The summed E-state index contributed by atoms with van der Waals surface area (Å²) >= 11 is 0. The maximum atomic E-state index is 13.6. The molecule has 3 N–H and O–H groups in total. The van der Waals surface area contributed by atoms with Crippen molar-refractivity contribution in [2.75, 3.05) is 44.6 Å². The SMILES string of the molecule is CCNC(=O)Nc1ccc(OCC(=O)O)cc1C(=O)N1CCC(N2CCCC3(C2)CC(C)(C)OC3=O)CC1.[NaH]. The van der Waals surface area contributed by atoms with Gasteiger partial charge in [0.2, 0.25) is 0 Å². The maximum absolute atomic E-state index is 13.6. The van der Waals surface area contributed by atoms with Crippen molar-refractivity contribution in [3.63, 3.8) is 0 Å². The summed E-state index contributed by atoms with van der Waals surface area (Å²) in [6.45, 7) is 8.31. The van der Waals surface area contributed by atoms with Gasteiger partial charge in [-0.1, -0.05) is 0 Å².